The smallest absolute Gasteiger partial charge is 0.164 e. The van der Waals surface area contributed by atoms with Gasteiger partial charge in [-0.3, -0.25) is 0 Å². The van der Waals surface area contributed by atoms with Crippen LogP contribution in [0, 0.1) is 6.92 Å². The highest BCUT2D eigenvalue weighted by Gasteiger charge is 2.14. The van der Waals surface area contributed by atoms with Crippen LogP contribution >= 0.6 is 0 Å². The highest BCUT2D eigenvalue weighted by molar-refractivity contribution is 5.50. The van der Waals surface area contributed by atoms with E-state index in [1.54, 1.807) is 0 Å². The van der Waals surface area contributed by atoms with E-state index in [1.165, 1.54) is 0 Å². The van der Waals surface area contributed by atoms with Gasteiger partial charge < -0.3 is 15.2 Å². The summed E-state index contributed by atoms with van der Waals surface area (Å²) < 4.78 is 11.2. The Hall–Kier alpha value is -1.22. The average molecular weight is 193 g/mol. The number of hydrogen-bond acceptors (Lipinski definition) is 3. The van der Waals surface area contributed by atoms with Gasteiger partial charge >= 0.3 is 0 Å². The lowest BCUT2D eigenvalue weighted by atomic mass is 10.1. The Morgan fingerprint density at radius 1 is 1.29 bits per heavy atom. The van der Waals surface area contributed by atoms with E-state index >= 15 is 0 Å². The summed E-state index contributed by atoms with van der Waals surface area (Å²) in [4.78, 5) is 0. The zero-order valence-electron chi connectivity index (χ0n) is 8.38. The van der Waals surface area contributed by atoms with Crippen LogP contribution in [0.2, 0.25) is 0 Å². The van der Waals surface area contributed by atoms with Gasteiger partial charge in [0.25, 0.3) is 0 Å². The average Bonchev–Trinajstić information content (AvgIpc) is 2.44. The Bertz CT molecular complexity index is 336. The molecule has 0 aliphatic carbocycles. The molecule has 1 aliphatic rings. The van der Waals surface area contributed by atoms with Crippen molar-refractivity contribution in [2.75, 3.05) is 13.2 Å². The van der Waals surface area contributed by atoms with Gasteiger partial charge in [0.05, 0.1) is 13.2 Å². The van der Waals surface area contributed by atoms with Crippen LogP contribution in [-0.2, 0) is 6.54 Å². The minimum atomic E-state index is 0.544. The summed E-state index contributed by atoms with van der Waals surface area (Å²) >= 11 is 0. The van der Waals surface area contributed by atoms with Gasteiger partial charge in [-0.25, -0.2) is 0 Å². The largest absolute Gasteiger partial charge is 0.490 e. The molecule has 14 heavy (non-hydrogen) atoms. The van der Waals surface area contributed by atoms with Gasteiger partial charge in [0.15, 0.2) is 11.5 Å². The lowest BCUT2D eigenvalue weighted by Gasteiger charge is -2.12. The van der Waals surface area contributed by atoms with Crippen molar-refractivity contribution in [3.8, 4) is 11.5 Å². The standard InChI is InChI=1S/C11H15NO2/c1-8-9(7-12)3-4-10-11(8)14-6-2-5-13-10/h3-4H,2,5-7,12H2,1H3. The van der Waals surface area contributed by atoms with E-state index in [2.05, 4.69) is 0 Å². The molecular weight excluding hydrogens is 178 g/mol. The molecule has 1 aliphatic heterocycles. The normalized spacial score (nSPS) is 15.0. The molecule has 3 nitrogen and oxygen atoms in total. The van der Waals surface area contributed by atoms with Crippen LogP contribution in [0.4, 0.5) is 0 Å². The monoisotopic (exact) mass is 193 g/mol. The van der Waals surface area contributed by atoms with Crippen molar-refractivity contribution < 1.29 is 9.47 Å². The van der Waals surface area contributed by atoms with Crippen molar-refractivity contribution in [2.45, 2.75) is 19.9 Å². The van der Waals surface area contributed by atoms with Gasteiger partial charge in [0.2, 0.25) is 0 Å². The highest BCUT2D eigenvalue weighted by Crippen LogP contribution is 2.34. The first-order valence-electron chi connectivity index (χ1n) is 4.91. The molecule has 0 amide bonds. The molecule has 2 rings (SSSR count). The SMILES string of the molecule is Cc1c(CN)ccc2c1OCCCO2. The Morgan fingerprint density at radius 3 is 2.86 bits per heavy atom. The fraction of sp³-hybridized carbons (Fsp3) is 0.455. The van der Waals surface area contributed by atoms with E-state index in [-0.39, 0.29) is 0 Å². The Balaban J connectivity index is 2.44. The van der Waals surface area contributed by atoms with Crippen LogP contribution in [0.5, 0.6) is 11.5 Å². The van der Waals surface area contributed by atoms with E-state index in [0.29, 0.717) is 6.54 Å². The quantitative estimate of drug-likeness (QED) is 0.737. The van der Waals surface area contributed by atoms with Crippen molar-refractivity contribution in [3.05, 3.63) is 23.3 Å². The van der Waals surface area contributed by atoms with E-state index in [0.717, 1.165) is 42.3 Å². The van der Waals surface area contributed by atoms with Gasteiger partial charge in [-0.15, -0.1) is 0 Å². The van der Waals surface area contributed by atoms with Crippen molar-refractivity contribution in [1.82, 2.24) is 0 Å². The first-order chi connectivity index (χ1) is 6.83. The third kappa shape index (κ3) is 1.55. The minimum absolute atomic E-state index is 0.544. The molecule has 0 saturated carbocycles. The first kappa shape index (κ1) is 9.34. The molecule has 0 saturated heterocycles. The second-order valence-corrected chi connectivity index (χ2v) is 3.43. The third-order valence-electron chi connectivity index (χ3n) is 2.49. The second-order valence-electron chi connectivity index (χ2n) is 3.43. The molecule has 0 unspecified atom stereocenters. The van der Waals surface area contributed by atoms with Gasteiger partial charge in [-0.05, 0) is 24.1 Å². The van der Waals surface area contributed by atoms with E-state index in [4.69, 9.17) is 15.2 Å². The lowest BCUT2D eigenvalue weighted by Crippen LogP contribution is -2.02. The van der Waals surface area contributed by atoms with Gasteiger partial charge in [0.1, 0.15) is 0 Å². The minimum Gasteiger partial charge on any atom is -0.490 e. The molecule has 1 aromatic rings. The van der Waals surface area contributed by atoms with Crippen LogP contribution in [-0.4, -0.2) is 13.2 Å². The number of nitrogens with two attached hydrogens (primary N) is 1. The number of fused-ring (bicyclic) bond motifs is 1. The van der Waals surface area contributed by atoms with Crippen LogP contribution in [0.25, 0.3) is 0 Å². The summed E-state index contributed by atoms with van der Waals surface area (Å²) in [6.45, 7) is 4.02. The summed E-state index contributed by atoms with van der Waals surface area (Å²) in [5, 5.41) is 0. The molecule has 0 spiro atoms. The summed E-state index contributed by atoms with van der Waals surface area (Å²) in [5.74, 6) is 1.71. The maximum Gasteiger partial charge on any atom is 0.164 e. The topological polar surface area (TPSA) is 44.5 Å². The number of benzene rings is 1. The maximum atomic E-state index is 5.64. The molecule has 0 radical (unpaired) electrons. The molecule has 76 valence electrons. The van der Waals surface area contributed by atoms with Gasteiger partial charge in [0, 0.05) is 13.0 Å². The van der Waals surface area contributed by atoms with E-state index in [9.17, 15) is 0 Å². The second kappa shape index (κ2) is 3.88. The molecule has 2 N–H and O–H groups in total. The van der Waals surface area contributed by atoms with Crippen molar-refractivity contribution in [1.29, 1.82) is 0 Å². The molecule has 0 fully saturated rings. The Labute approximate surface area is 83.8 Å². The fourth-order valence-electron chi connectivity index (χ4n) is 1.64. The van der Waals surface area contributed by atoms with Crippen LogP contribution in [0.15, 0.2) is 12.1 Å². The Morgan fingerprint density at radius 2 is 2.07 bits per heavy atom. The van der Waals surface area contributed by atoms with E-state index in [1.807, 2.05) is 19.1 Å². The molecule has 3 heteroatoms. The maximum absolute atomic E-state index is 5.64. The number of ether oxygens (including phenoxy) is 2. The number of hydrogen-bond donors (Lipinski definition) is 1. The molecule has 0 atom stereocenters. The third-order valence-corrected chi connectivity index (χ3v) is 2.49. The van der Waals surface area contributed by atoms with Crippen LogP contribution in [0.1, 0.15) is 17.5 Å². The lowest BCUT2D eigenvalue weighted by molar-refractivity contribution is 0.296. The molecule has 0 bridgehead atoms. The van der Waals surface area contributed by atoms with Crippen molar-refractivity contribution >= 4 is 0 Å². The first-order valence-corrected chi connectivity index (χ1v) is 4.91. The van der Waals surface area contributed by atoms with Gasteiger partial charge in [-0.1, -0.05) is 6.07 Å². The number of rotatable bonds is 1. The summed E-state index contributed by atoms with van der Waals surface area (Å²) in [6, 6.07) is 3.94. The van der Waals surface area contributed by atoms with Gasteiger partial charge in [-0.2, -0.15) is 0 Å². The summed E-state index contributed by atoms with van der Waals surface area (Å²) in [6.07, 6.45) is 0.937. The Kier molecular flexibility index (Phi) is 2.59. The van der Waals surface area contributed by atoms with Crippen LogP contribution < -0.4 is 15.2 Å². The predicted molar refractivity (Wildman–Crippen MR) is 54.7 cm³/mol. The predicted octanol–water partition coefficient (Wildman–Crippen LogP) is 1.62. The molecule has 1 heterocycles. The highest BCUT2D eigenvalue weighted by atomic mass is 16.5. The summed E-state index contributed by atoms with van der Waals surface area (Å²) in [7, 11) is 0. The molecule has 1 aromatic carbocycles. The van der Waals surface area contributed by atoms with Crippen molar-refractivity contribution in [2.24, 2.45) is 5.73 Å². The zero-order chi connectivity index (χ0) is 9.97. The molecular formula is C11H15NO2. The fourth-order valence-corrected chi connectivity index (χ4v) is 1.64. The van der Waals surface area contributed by atoms with Crippen molar-refractivity contribution in [3.63, 3.8) is 0 Å². The summed E-state index contributed by atoms with van der Waals surface area (Å²) in [5.41, 5.74) is 7.85. The van der Waals surface area contributed by atoms with Crippen LogP contribution in [0.3, 0.4) is 0 Å². The molecule has 0 aromatic heterocycles. The van der Waals surface area contributed by atoms with E-state index < -0.39 is 0 Å². The zero-order valence-corrected chi connectivity index (χ0v) is 8.38.